The Balaban J connectivity index is 1.78. The minimum atomic E-state index is -0.726. The average molecular weight is 418 g/mol. The summed E-state index contributed by atoms with van der Waals surface area (Å²) in [5.41, 5.74) is 1.06. The molecule has 3 rings (SSSR count). The number of halogens is 1. The summed E-state index contributed by atoms with van der Waals surface area (Å²) >= 11 is 3.32. The summed E-state index contributed by atoms with van der Waals surface area (Å²) < 4.78 is 0.856. The van der Waals surface area contributed by atoms with E-state index < -0.39 is 29.2 Å². The fourth-order valence-electron chi connectivity index (χ4n) is 2.64. The second-order valence-electron chi connectivity index (χ2n) is 5.69. The number of non-ortho nitro benzene ring substituents is 1. The van der Waals surface area contributed by atoms with Gasteiger partial charge in [-0.15, -0.1) is 0 Å². The summed E-state index contributed by atoms with van der Waals surface area (Å²) in [6.07, 6.45) is 0. The van der Waals surface area contributed by atoms with Crippen molar-refractivity contribution in [3.05, 3.63) is 67.7 Å². The van der Waals surface area contributed by atoms with Gasteiger partial charge >= 0.3 is 0 Å². The van der Waals surface area contributed by atoms with Crippen molar-refractivity contribution in [3.8, 4) is 0 Å². The molecule has 1 N–H and O–H groups in total. The van der Waals surface area contributed by atoms with Crippen molar-refractivity contribution >= 4 is 45.0 Å². The smallest absolute Gasteiger partial charge is 0.270 e. The fourth-order valence-corrected chi connectivity index (χ4v) is 3.11. The van der Waals surface area contributed by atoms with Crippen LogP contribution in [0.1, 0.15) is 26.3 Å². The quantitative estimate of drug-likeness (QED) is 0.467. The molecule has 0 atom stereocenters. The number of hydrogen-bond donors (Lipinski definition) is 1. The molecule has 0 unspecified atom stereocenters. The maximum atomic E-state index is 12.4. The number of hydrogen-bond acceptors (Lipinski definition) is 5. The number of nitrogens with zero attached hydrogens (tertiary/aromatic N) is 2. The Bertz CT molecular complexity index is 973. The van der Waals surface area contributed by atoms with Crippen molar-refractivity contribution in [2.75, 3.05) is 11.9 Å². The molecule has 0 fully saturated rings. The zero-order valence-corrected chi connectivity index (χ0v) is 15.1. The fraction of sp³-hybridized carbons (Fsp3) is 0.118. The van der Waals surface area contributed by atoms with Crippen molar-refractivity contribution < 1.29 is 19.3 Å². The molecule has 3 amide bonds. The number of benzene rings is 2. The number of carbonyl (C=O) groups excluding carboxylic acids is 3. The van der Waals surface area contributed by atoms with Gasteiger partial charge in [-0.25, -0.2) is 0 Å². The molecule has 0 spiro atoms. The monoisotopic (exact) mass is 417 g/mol. The van der Waals surface area contributed by atoms with E-state index in [0.717, 1.165) is 27.1 Å². The number of carbonyl (C=O) groups is 3. The Kier molecular flexibility index (Phi) is 4.56. The molecule has 0 saturated heterocycles. The number of amides is 3. The van der Waals surface area contributed by atoms with E-state index in [2.05, 4.69) is 21.2 Å². The minimum Gasteiger partial charge on any atom is -0.324 e. The van der Waals surface area contributed by atoms with Gasteiger partial charge in [-0.05, 0) is 36.8 Å². The predicted octanol–water partition coefficient (Wildman–Crippen LogP) is 2.90. The molecule has 1 aliphatic rings. The van der Waals surface area contributed by atoms with Gasteiger partial charge in [-0.2, -0.15) is 0 Å². The number of nitrogens with one attached hydrogen (secondary N) is 1. The summed E-state index contributed by atoms with van der Waals surface area (Å²) in [4.78, 5) is 47.9. The Labute approximate surface area is 156 Å². The molecular weight excluding hydrogens is 406 g/mol. The van der Waals surface area contributed by atoms with Crippen LogP contribution in [0.3, 0.4) is 0 Å². The van der Waals surface area contributed by atoms with Crippen LogP contribution in [0.25, 0.3) is 0 Å². The summed E-state index contributed by atoms with van der Waals surface area (Å²) in [7, 11) is 0. The predicted molar refractivity (Wildman–Crippen MR) is 96.0 cm³/mol. The Morgan fingerprint density at radius 3 is 2.50 bits per heavy atom. The van der Waals surface area contributed by atoms with Gasteiger partial charge in [0.25, 0.3) is 17.5 Å². The molecule has 0 saturated carbocycles. The van der Waals surface area contributed by atoms with Gasteiger partial charge in [0.05, 0.1) is 16.1 Å². The van der Waals surface area contributed by atoms with Gasteiger partial charge in [-0.3, -0.25) is 29.4 Å². The number of anilines is 1. The summed E-state index contributed by atoms with van der Waals surface area (Å²) in [6, 6.07) is 8.69. The van der Waals surface area contributed by atoms with Crippen molar-refractivity contribution in [2.24, 2.45) is 0 Å². The van der Waals surface area contributed by atoms with Crippen LogP contribution in [0.2, 0.25) is 0 Å². The number of nitro benzene ring substituents is 1. The third-order valence-corrected chi connectivity index (χ3v) is 4.42. The standard InChI is InChI=1S/C17H12BrN3O5/c1-9-6-10(18)2-5-14(9)19-15(22)8-20-16(23)12-4-3-11(21(25)26)7-13(12)17(20)24/h2-7H,8H2,1H3,(H,19,22). The third kappa shape index (κ3) is 3.21. The zero-order valence-electron chi connectivity index (χ0n) is 13.5. The lowest BCUT2D eigenvalue weighted by Gasteiger charge is -2.14. The number of rotatable bonds is 4. The minimum absolute atomic E-state index is 0.0493. The molecule has 26 heavy (non-hydrogen) atoms. The van der Waals surface area contributed by atoms with E-state index in [0.29, 0.717) is 5.69 Å². The van der Waals surface area contributed by atoms with E-state index >= 15 is 0 Å². The SMILES string of the molecule is Cc1cc(Br)ccc1NC(=O)CN1C(=O)c2ccc([N+](=O)[O-])cc2C1=O. The van der Waals surface area contributed by atoms with Crippen molar-refractivity contribution in [3.63, 3.8) is 0 Å². The van der Waals surface area contributed by atoms with Crippen LogP contribution >= 0.6 is 15.9 Å². The molecule has 1 heterocycles. The maximum Gasteiger partial charge on any atom is 0.270 e. The second-order valence-corrected chi connectivity index (χ2v) is 6.61. The van der Waals surface area contributed by atoms with E-state index in [1.54, 1.807) is 12.1 Å². The normalized spacial score (nSPS) is 12.9. The van der Waals surface area contributed by atoms with Gasteiger partial charge in [0.15, 0.2) is 0 Å². The highest BCUT2D eigenvalue weighted by atomic mass is 79.9. The average Bonchev–Trinajstić information content (AvgIpc) is 2.82. The molecule has 0 radical (unpaired) electrons. The molecule has 8 nitrogen and oxygen atoms in total. The van der Waals surface area contributed by atoms with Crippen LogP contribution in [0.5, 0.6) is 0 Å². The van der Waals surface area contributed by atoms with Crippen molar-refractivity contribution in [2.45, 2.75) is 6.92 Å². The number of fused-ring (bicyclic) bond motifs is 1. The van der Waals surface area contributed by atoms with Crippen LogP contribution in [0.15, 0.2) is 40.9 Å². The molecule has 0 bridgehead atoms. The molecule has 0 aromatic heterocycles. The molecule has 1 aliphatic heterocycles. The van der Waals surface area contributed by atoms with Gasteiger partial charge in [0, 0.05) is 22.3 Å². The van der Waals surface area contributed by atoms with E-state index in [9.17, 15) is 24.5 Å². The lowest BCUT2D eigenvalue weighted by molar-refractivity contribution is -0.384. The van der Waals surface area contributed by atoms with Gasteiger partial charge in [0.1, 0.15) is 6.54 Å². The second kappa shape index (κ2) is 6.68. The maximum absolute atomic E-state index is 12.4. The largest absolute Gasteiger partial charge is 0.324 e. The summed E-state index contributed by atoms with van der Waals surface area (Å²) in [6.45, 7) is 1.33. The van der Waals surface area contributed by atoms with E-state index in [1.165, 1.54) is 6.07 Å². The first-order chi connectivity index (χ1) is 12.3. The molecule has 2 aromatic rings. The molecule has 9 heteroatoms. The van der Waals surface area contributed by atoms with E-state index in [1.807, 2.05) is 13.0 Å². The third-order valence-electron chi connectivity index (χ3n) is 3.93. The zero-order chi connectivity index (χ0) is 19.0. The first kappa shape index (κ1) is 17.7. The highest BCUT2D eigenvalue weighted by Gasteiger charge is 2.37. The molecular formula is C17H12BrN3O5. The van der Waals surface area contributed by atoms with Crippen molar-refractivity contribution in [1.82, 2.24) is 4.90 Å². The Morgan fingerprint density at radius 1 is 1.15 bits per heavy atom. The Morgan fingerprint density at radius 2 is 1.85 bits per heavy atom. The van der Waals surface area contributed by atoms with E-state index in [4.69, 9.17) is 0 Å². The summed E-state index contributed by atoms with van der Waals surface area (Å²) in [5, 5.41) is 13.5. The summed E-state index contributed by atoms with van der Waals surface area (Å²) in [5.74, 6) is -1.92. The van der Waals surface area contributed by atoms with Gasteiger partial charge in [-0.1, -0.05) is 15.9 Å². The van der Waals surface area contributed by atoms with Crippen LogP contribution in [-0.2, 0) is 4.79 Å². The van der Waals surface area contributed by atoms with Crippen LogP contribution in [0, 0.1) is 17.0 Å². The van der Waals surface area contributed by atoms with Crippen LogP contribution < -0.4 is 5.32 Å². The first-order valence-corrected chi connectivity index (χ1v) is 8.28. The van der Waals surface area contributed by atoms with Crippen molar-refractivity contribution in [1.29, 1.82) is 0 Å². The number of imide groups is 1. The highest BCUT2D eigenvalue weighted by Crippen LogP contribution is 2.27. The molecule has 0 aliphatic carbocycles. The Hall–Kier alpha value is -3.07. The molecule has 132 valence electrons. The molecule has 2 aromatic carbocycles. The van der Waals surface area contributed by atoms with Crippen LogP contribution in [-0.4, -0.2) is 34.1 Å². The lowest BCUT2D eigenvalue weighted by Crippen LogP contribution is -2.37. The van der Waals surface area contributed by atoms with Crippen LogP contribution in [0.4, 0.5) is 11.4 Å². The van der Waals surface area contributed by atoms with E-state index in [-0.39, 0.29) is 16.8 Å². The first-order valence-electron chi connectivity index (χ1n) is 7.48. The lowest BCUT2D eigenvalue weighted by atomic mass is 10.1. The number of aryl methyl sites for hydroxylation is 1. The van der Waals surface area contributed by atoms with Gasteiger partial charge < -0.3 is 5.32 Å². The highest BCUT2D eigenvalue weighted by molar-refractivity contribution is 9.10. The topological polar surface area (TPSA) is 110 Å². The van der Waals surface area contributed by atoms with Gasteiger partial charge in [0.2, 0.25) is 5.91 Å². The number of nitro groups is 1.